The van der Waals surface area contributed by atoms with Gasteiger partial charge in [-0.1, -0.05) is 0 Å². The molecule has 0 N–H and O–H groups in total. The molecular formula is C23H22F5NO5S. The average Bonchev–Trinajstić information content (AvgIpc) is 2.77. The Morgan fingerprint density at radius 3 is 2.20 bits per heavy atom. The van der Waals surface area contributed by atoms with Crippen LogP contribution >= 0.6 is 0 Å². The van der Waals surface area contributed by atoms with E-state index in [-0.39, 0.29) is 42.0 Å². The molecule has 1 fully saturated rings. The lowest BCUT2D eigenvalue weighted by molar-refractivity contribution is -0.189. The summed E-state index contributed by atoms with van der Waals surface area (Å²) >= 11 is 0. The van der Waals surface area contributed by atoms with Crippen LogP contribution in [-0.2, 0) is 9.84 Å². The fraction of sp³-hybridized carbons (Fsp3) is 0.391. The van der Waals surface area contributed by atoms with E-state index in [0.717, 1.165) is 43.5 Å². The lowest BCUT2D eigenvalue weighted by Gasteiger charge is -2.32. The normalized spacial score (nSPS) is 16.1. The first-order valence-corrected chi connectivity index (χ1v) is 12.4. The third-order valence-corrected chi connectivity index (χ3v) is 6.83. The van der Waals surface area contributed by atoms with Crippen LogP contribution in [0.5, 0.6) is 5.75 Å². The van der Waals surface area contributed by atoms with Crippen LogP contribution in [0.25, 0.3) is 0 Å². The monoisotopic (exact) mass is 519 g/mol. The molecule has 0 radical (unpaired) electrons. The van der Waals surface area contributed by atoms with Gasteiger partial charge in [0.05, 0.1) is 16.0 Å². The molecule has 0 spiro atoms. The number of Topliss-reactive ketones (excluding diaryl/α,β-unsaturated/α-hetero) is 1. The van der Waals surface area contributed by atoms with Crippen molar-refractivity contribution in [3.05, 3.63) is 59.2 Å². The number of alkyl halides is 3. The van der Waals surface area contributed by atoms with Crippen LogP contribution < -0.4 is 4.74 Å². The van der Waals surface area contributed by atoms with E-state index in [4.69, 9.17) is 4.74 Å². The van der Waals surface area contributed by atoms with Gasteiger partial charge in [0.2, 0.25) is 0 Å². The molecule has 12 heteroatoms. The Bertz CT molecular complexity index is 1240. The molecule has 1 unspecified atom stereocenters. The number of ether oxygens (including phenoxy) is 1. The van der Waals surface area contributed by atoms with Crippen molar-refractivity contribution < 1.29 is 44.7 Å². The van der Waals surface area contributed by atoms with Crippen LogP contribution in [0.2, 0.25) is 0 Å². The van der Waals surface area contributed by atoms with Crippen LogP contribution in [0, 0.1) is 17.6 Å². The van der Waals surface area contributed by atoms with Crippen molar-refractivity contribution in [3.63, 3.8) is 0 Å². The SMILES string of the molecule is CC(Oc1ccc(S(C)(=O)=O)cc1C(=O)N1CCC(C(=O)c2ccc(F)cc2F)CC1)C(F)(F)F. The number of halogens is 5. The van der Waals surface area contributed by atoms with E-state index in [9.17, 15) is 40.0 Å². The maximum absolute atomic E-state index is 14.0. The molecule has 1 amide bonds. The number of hydrogen-bond acceptors (Lipinski definition) is 5. The molecule has 1 aliphatic rings. The quantitative estimate of drug-likeness (QED) is 0.417. The third kappa shape index (κ3) is 6.16. The number of carbonyl (C=O) groups excluding carboxylic acids is 2. The Labute approximate surface area is 198 Å². The Morgan fingerprint density at radius 2 is 1.66 bits per heavy atom. The van der Waals surface area contributed by atoms with E-state index in [1.807, 2.05) is 0 Å². The fourth-order valence-corrected chi connectivity index (χ4v) is 4.34. The number of nitrogens with zero attached hydrogens (tertiary/aromatic N) is 1. The van der Waals surface area contributed by atoms with Crippen molar-refractivity contribution in [2.24, 2.45) is 5.92 Å². The van der Waals surface area contributed by atoms with Gasteiger partial charge in [-0.15, -0.1) is 0 Å². The molecule has 0 aliphatic carbocycles. The zero-order valence-electron chi connectivity index (χ0n) is 18.7. The number of amides is 1. The first-order chi connectivity index (χ1) is 16.2. The molecule has 1 saturated heterocycles. The third-order valence-electron chi connectivity index (χ3n) is 5.72. The van der Waals surface area contributed by atoms with Crippen LogP contribution in [0.1, 0.15) is 40.5 Å². The molecule has 2 aromatic rings. The summed E-state index contributed by atoms with van der Waals surface area (Å²) in [7, 11) is -3.78. The lowest BCUT2D eigenvalue weighted by atomic mass is 9.88. The zero-order chi connectivity index (χ0) is 26.1. The summed E-state index contributed by atoms with van der Waals surface area (Å²) in [6.45, 7) is 0.773. The van der Waals surface area contributed by atoms with E-state index in [1.165, 1.54) is 4.90 Å². The van der Waals surface area contributed by atoms with Gasteiger partial charge in [0.1, 0.15) is 17.4 Å². The highest BCUT2D eigenvalue weighted by atomic mass is 32.2. The fourth-order valence-electron chi connectivity index (χ4n) is 3.69. The second-order valence-corrected chi connectivity index (χ2v) is 10.3. The maximum Gasteiger partial charge on any atom is 0.425 e. The van der Waals surface area contributed by atoms with Crippen LogP contribution in [0.4, 0.5) is 22.0 Å². The highest BCUT2D eigenvalue weighted by Gasteiger charge is 2.39. The van der Waals surface area contributed by atoms with Gasteiger partial charge in [-0.2, -0.15) is 13.2 Å². The lowest BCUT2D eigenvalue weighted by Crippen LogP contribution is -2.41. The second-order valence-electron chi connectivity index (χ2n) is 8.29. The predicted molar refractivity (Wildman–Crippen MR) is 115 cm³/mol. The number of piperidine rings is 1. The molecule has 6 nitrogen and oxygen atoms in total. The van der Waals surface area contributed by atoms with Gasteiger partial charge in [-0.3, -0.25) is 9.59 Å². The molecular weight excluding hydrogens is 497 g/mol. The van der Waals surface area contributed by atoms with Gasteiger partial charge in [0.25, 0.3) is 5.91 Å². The van der Waals surface area contributed by atoms with Crippen molar-refractivity contribution in [2.45, 2.75) is 36.9 Å². The number of sulfone groups is 1. The second kappa shape index (κ2) is 9.92. The Kier molecular flexibility index (Phi) is 7.53. The van der Waals surface area contributed by atoms with Crippen molar-refractivity contribution in [1.82, 2.24) is 4.90 Å². The predicted octanol–water partition coefficient (Wildman–Crippen LogP) is 4.43. The number of hydrogen-bond donors (Lipinski definition) is 0. The van der Waals surface area contributed by atoms with Crippen LogP contribution in [0.3, 0.4) is 0 Å². The van der Waals surface area contributed by atoms with Gasteiger partial charge in [-0.25, -0.2) is 17.2 Å². The number of rotatable bonds is 6. The van der Waals surface area contributed by atoms with Gasteiger partial charge >= 0.3 is 6.18 Å². The van der Waals surface area contributed by atoms with Crippen molar-refractivity contribution in [1.29, 1.82) is 0 Å². The number of ketones is 1. The van der Waals surface area contributed by atoms with Gasteiger partial charge in [-0.05, 0) is 50.1 Å². The van der Waals surface area contributed by atoms with Crippen molar-refractivity contribution in [2.75, 3.05) is 19.3 Å². The maximum atomic E-state index is 14.0. The van der Waals surface area contributed by atoms with E-state index >= 15 is 0 Å². The smallest absolute Gasteiger partial charge is 0.425 e. The van der Waals surface area contributed by atoms with Crippen molar-refractivity contribution >= 4 is 21.5 Å². The number of benzene rings is 2. The first kappa shape index (κ1) is 26.6. The summed E-state index contributed by atoms with van der Waals surface area (Å²) in [4.78, 5) is 26.8. The summed E-state index contributed by atoms with van der Waals surface area (Å²) in [5.74, 6) is -4.21. The summed E-state index contributed by atoms with van der Waals surface area (Å²) in [6, 6.07) is 5.62. The van der Waals surface area contributed by atoms with E-state index in [0.29, 0.717) is 6.07 Å². The Morgan fingerprint density at radius 1 is 1.03 bits per heavy atom. The average molecular weight is 519 g/mol. The van der Waals surface area contributed by atoms with Gasteiger partial charge in [0, 0.05) is 31.3 Å². The van der Waals surface area contributed by atoms with Gasteiger partial charge in [0.15, 0.2) is 21.7 Å². The van der Waals surface area contributed by atoms with Crippen LogP contribution in [0.15, 0.2) is 41.3 Å². The highest BCUT2D eigenvalue weighted by Crippen LogP contribution is 2.31. The number of carbonyl (C=O) groups is 2. The first-order valence-electron chi connectivity index (χ1n) is 10.5. The zero-order valence-corrected chi connectivity index (χ0v) is 19.6. The van der Waals surface area contributed by atoms with E-state index in [1.54, 1.807) is 0 Å². The standard InChI is InChI=1S/C23H22F5NO5S/c1-13(23(26,27)28)34-20-6-4-16(35(2,32)33)12-18(20)22(31)29-9-7-14(8-10-29)21(30)17-5-3-15(24)11-19(17)25/h3-6,11-14H,7-10H2,1-2H3. The minimum Gasteiger partial charge on any atom is -0.480 e. The summed E-state index contributed by atoms with van der Waals surface area (Å²) < 4.78 is 94.9. The summed E-state index contributed by atoms with van der Waals surface area (Å²) in [6.07, 6.45) is -5.83. The van der Waals surface area contributed by atoms with E-state index < -0.39 is 57.1 Å². The molecule has 35 heavy (non-hydrogen) atoms. The Hall–Kier alpha value is -3.02. The molecule has 0 saturated carbocycles. The minimum atomic E-state index is -4.72. The molecule has 1 atom stereocenters. The molecule has 1 heterocycles. The molecule has 1 aliphatic heterocycles. The minimum absolute atomic E-state index is 0.00935. The van der Waals surface area contributed by atoms with Gasteiger partial charge < -0.3 is 9.64 Å². The molecule has 2 aromatic carbocycles. The largest absolute Gasteiger partial charge is 0.480 e. The van der Waals surface area contributed by atoms with E-state index in [2.05, 4.69) is 0 Å². The molecule has 0 aromatic heterocycles. The highest BCUT2D eigenvalue weighted by molar-refractivity contribution is 7.90. The summed E-state index contributed by atoms with van der Waals surface area (Å²) in [5, 5.41) is 0. The van der Waals surface area contributed by atoms with Crippen molar-refractivity contribution in [3.8, 4) is 5.75 Å². The molecule has 3 rings (SSSR count). The summed E-state index contributed by atoms with van der Waals surface area (Å²) in [5.41, 5.74) is -0.632. The Balaban J connectivity index is 1.81. The topological polar surface area (TPSA) is 80.8 Å². The molecule has 0 bridgehead atoms. The number of likely N-dealkylation sites (tertiary alicyclic amines) is 1. The molecule has 190 valence electrons. The van der Waals surface area contributed by atoms with Crippen LogP contribution in [-0.4, -0.2) is 56.6 Å².